The second-order valence-electron chi connectivity index (χ2n) is 7.41. The highest BCUT2D eigenvalue weighted by Gasteiger charge is 2.39. The summed E-state index contributed by atoms with van der Waals surface area (Å²) in [4.78, 5) is 17.8. The quantitative estimate of drug-likeness (QED) is 0.830. The molecule has 1 amide bonds. The highest BCUT2D eigenvalue weighted by molar-refractivity contribution is 7.87. The zero-order chi connectivity index (χ0) is 19.1. The number of likely N-dealkylation sites (tertiary alicyclic amines) is 1. The number of rotatable bonds is 5. The molecule has 1 aromatic heterocycles. The van der Waals surface area contributed by atoms with Crippen molar-refractivity contribution in [2.45, 2.75) is 19.9 Å². The minimum atomic E-state index is -3.54. The first-order valence-electron chi connectivity index (χ1n) is 8.75. The summed E-state index contributed by atoms with van der Waals surface area (Å²) in [6.45, 7) is 5.03. The van der Waals surface area contributed by atoms with Crippen LogP contribution in [0.25, 0.3) is 10.9 Å². The zero-order valence-corrected chi connectivity index (χ0v) is 16.4. The van der Waals surface area contributed by atoms with Gasteiger partial charge in [0.05, 0.1) is 0 Å². The van der Waals surface area contributed by atoms with E-state index in [1.165, 1.54) is 14.1 Å². The molecule has 0 saturated carbocycles. The molecule has 1 aliphatic heterocycles. The third kappa shape index (κ3) is 3.62. The SMILES string of the molecule is CC(C)C1CN(C(=O)c2ccc3cc[nH]c3c2)CC1NS(=O)(=O)N(C)C. The van der Waals surface area contributed by atoms with E-state index >= 15 is 0 Å². The molecule has 8 heteroatoms. The number of aromatic nitrogens is 1. The maximum Gasteiger partial charge on any atom is 0.279 e. The van der Waals surface area contributed by atoms with Crippen LogP contribution in [-0.4, -0.2) is 61.7 Å². The summed E-state index contributed by atoms with van der Waals surface area (Å²) in [5.74, 6) is 0.259. The van der Waals surface area contributed by atoms with Crippen LogP contribution >= 0.6 is 0 Å². The number of hydrogen-bond acceptors (Lipinski definition) is 3. The minimum absolute atomic E-state index is 0.0706. The fourth-order valence-electron chi connectivity index (χ4n) is 3.46. The Kier molecular flexibility index (Phi) is 5.09. The Balaban J connectivity index is 1.81. The van der Waals surface area contributed by atoms with Gasteiger partial charge in [-0.25, -0.2) is 0 Å². The second-order valence-corrected chi connectivity index (χ2v) is 9.33. The summed E-state index contributed by atoms with van der Waals surface area (Å²) < 4.78 is 28.4. The van der Waals surface area contributed by atoms with Crippen molar-refractivity contribution >= 4 is 27.0 Å². The van der Waals surface area contributed by atoms with E-state index in [9.17, 15) is 13.2 Å². The zero-order valence-electron chi connectivity index (χ0n) is 15.6. The van der Waals surface area contributed by atoms with Gasteiger partial charge < -0.3 is 9.88 Å². The molecule has 2 aromatic rings. The first kappa shape index (κ1) is 18.9. The van der Waals surface area contributed by atoms with Crippen LogP contribution in [0.5, 0.6) is 0 Å². The number of benzene rings is 1. The van der Waals surface area contributed by atoms with Crippen LogP contribution in [0.3, 0.4) is 0 Å². The molecule has 7 nitrogen and oxygen atoms in total. The lowest BCUT2D eigenvalue weighted by molar-refractivity contribution is 0.0783. The molecule has 3 rings (SSSR count). The number of nitrogens with one attached hydrogen (secondary N) is 2. The summed E-state index contributed by atoms with van der Waals surface area (Å²) in [7, 11) is -0.550. The minimum Gasteiger partial charge on any atom is -0.361 e. The molecule has 2 atom stereocenters. The average molecular weight is 378 g/mol. The van der Waals surface area contributed by atoms with Crippen molar-refractivity contribution in [2.24, 2.45) is 11.8 Å². The molecule has 1 saturated heterocycles. The van der Waals surface area contributed by atoms with E-state index in [1.54, 1.807) is 4.90 Å². The van der Waals surface area contributed by atoms with Crippen molar-refractivity contribution < 1.29 is 13.2 Å². The summed E-state index contributed by atoms with van der Waals surface area (Å²) in [6.07, 6.45) is 1.84. The van der Waals surface area contributed by atoms with Crippen LogP contribution in [0.15, 0.2) is 30.5 Å². The fraction of sp³-hybridized carbons (Fsp3) is 0.500. The van der Waals surface area contributed by atoms with Crippen LogP contribution in [0.1, 0.15) is 24.2 Å². The first-order valence-corrected chi connectivity index (χ1v) is 10.2. The molecule has 0 bridgehead atoms. The Hall–Kier alpha value is -1.90. The van der Waals surface area contributed by atoms with Crippen LogP contribution in [0, 0.1) is 11.8 Å². The Labute approximate surface area is 154 Å². The molecule has 2 unspecified atom stereocenters. The van der Waals surface area contributed by atoms with Gasteiger partial charge in [-0.15, -0.1) is 0 Å². The molecule has 0 aliphatic carbocycles. The monoisotopic (exact) mass is 378 g/mol. The van der Waals surface area contributed by atoms with Gasteiger partial charge in [-0.2, -0.15) is 17.4 Å². The molecule has 2 N–H and O–H groups in total. The van der Waals surface area contributed by atoms with Crippen molar-refractivity contribution in [1.82, 2.24) is 18.9 Å². The third-order valence-electron chi connectivity index (χ3n) is 5.09. The summed E-state index contributed by atoms with van der Waals surface area (Å²) in [6, 6.07) is 7.25. The lowest BCUT2D eigenvalue weighted by atomic mass is 9.92. The van der Waals surface area contributed by atoms with E-state index < -0.39 is 10.2 Å². The molecule has 142 valence electrons. The first-order chi connectivity index (χ1) is 12.2. The molecule has 1 aromatic carbocycles. The fourth-order valence-corrected chi connectivity index (χ4v) is 4.30. The number of aromatic amines is 1. The predicted octanol–water partition coefficient (Wildman–Crippen LogP) is 1.66. The van der Waals surface area contributed by atoms with Gasteiger partial charge in [0.15, 0.2) is 0 Å². The van der Waals surface area contributed by atoms with Crippen molar-refractivity contribution in [3.63, 3.8) is 0 Å². The van der Waals surface area contributed by atoms with Crippen LogP contribution in [-0.2, 0) is 10.2 Å². The molecule has 2 heterocycles. The van der Waals surface area contributed by atoms with Gasteiger partial charge in [0, 0.05) is 50.5 Å². The van der Waals surface area contributed by atoms with Crippen molar-refractivity contribution in [3.8, 4) is 0 Å². The van der Waals surface area contributed by atoms with Crippen LogP contribution < -0.4 is 4.72 Å². The van der Waals surface area contributed by atoms with Crippen molar-refractivity contribution in [3.05, 3.63) is 36.0 Å². The topological polar surface area (TPSA) is 85.5 Å². The van der Waals surface area contributed by atoms with Gasteiger partial charge in [0.25, 0.3) is 16.1 Å². The van der Waals surface area contributed by atoms with Crippen molar-refractivity contribution in [1.29, 1.82) is 0 Å². The highest BCUT2D eigenvalue weighted by atomic mass is 32.2. The number of H-pyrrole nitrogens is 1. The lowest BCUT2D eigenvalue weighted by Gasteiger charge is -2.24. The van der Waals surface area contributed by atoms with Gasteiger partial charge in [-0.05, 0) is 35.4 Å². The van der Waals surface area contributed by atoms with E-state index in [2.05, 4.69) is 23.6 Å². The number of amides is 1. The van der Waals surface area contributed by atoms with E-state index in [1.807, 2.05) is 30.5 Å². The summed E-state index contributed by atoms with van der Waals surface area (Å²) in [5, 5.41) is 1.06. The summed E-state index contributed by atoms with van der Waals surface area (Å²) >= 11 is 0. The Bertz CT molecular complexity index is 904. The molecule has 26 heavy (non-hydrogen) atoms. The second kappa shape index (κ2) is 7.02. The maximum atomic E-state index is 13.0. The summed E-state index contributed by atoms with van der Waals surface area (Å²) in [5.41, 5.74) is 1.53. The largest absolute Gasteiger partial charge is 0.361 e. The molecule has 0 spiro atoms. The van der Waals surface area contributed by atoms with Gasteiger partial charge in [-0.1, -0.05) is 19.9 Å². The third-order valence-corrected chi connectivity index (χ3v) is 6.65. The van der Waals surface area contributed by atoms with Gasteiger partial charge in [0.2, 0.25) is 0 Å². The van der Waals surface area contributed by atoms with Crippen molar-refractivity contribution in [2.75, 3.05) is 27.2 Å². The molecular formula is C18H26N4O3S. The van der Waals surface area contributed by atoms with E-state index in [0.717, 1.165) is 15.2 Å². The number of carbonyl (C=O) groups is 1. The Morgan fingerprint density at radius 3 is 2.65 bits per heavy atom. The van der Waals surface area contributed by atoms with Gasteiger partial charge in [-0.3, -0.25) is 4.79 Å². The molecule has 1 fully saturated rings. The normalized spacial score (nSPS) is 21.2. The standard InChI is InChI=1S/C18H26N4O3S/c1-12(2)15-10-22(11-17(15)20-26(24,25)21(3)4)18(23)14-6-5-13-7-8-19-16(13)9-14/h5-9,12,15,17,19-20H,10-11H2,1-4H3. The van der Waals surface area contributed by atoms with E-state index in [0.29, 0.717) is 18.7 Å². The number of nitrogens with zero attached hydrogens (tertiary/aromatic N) is 2. The average Bonchev–Trinajstić information content (AvgIpc) is 3.19. The van der Waals surface area contributed by atoms with Gasteiger partial charge >= 0.3 is 0 Å². The number of hydrogen-bond donors (Lipinski definition) is 2. The number of carbonyl (C=O) groups excluding carboxylic acids is 1. The van der Waals surface area contributed by atoms with E-state index in [4.69, 9.17) is 0 Å². The molecule has 1 aliphatic rings. The highest BCUT2D eigenvalue weighted by Crippen LogP contribution is 2.27. The van der Waals surface area contributed by atoms with E-state index in [-0.39, 0.29) is 23.8 Å². The van der Waals surface area contributed by atoms with Crippen LogP contribution in [0.2, 0.25) is 0 Å². The Morgan fingerprint density at radius 2 is 2.00 bits per heavy atom. The number of fused-ring (bicyclic) bond motifs is 1. The lowest BCUT2D eigenvalue weighted by Crippen LogP contribution is -2.46. The predicted molar refractivity (Wildman–Crippen MR) is 102 cm³/mol. The Morgan fingerprint density at radius 1 is 1.27 bits per heavy atom. The van der Waals surface area contributed by atoms with Crippen LogP contribution in [0.4, 0.5) is 0 Å². The molecular weight excluding hydrogens is 352 g/mol. The van der Waals surface area contributed by atoms with Gasteiger partial charge in [0.1, 0.15) is 0 Å². The molecule has 0 radical (unpaired) electrons. The maximum absolute atomic E-state index is 13.0. The smallest absolute Gasteiger partial charge is 0.279 e.